The molecule has 0 aromatic carbocycles. The lowest BCUT2D eigenvalue weighted by Crippen LogP contribution is -2.30. The average molecular weight is 220 g/mol. The van der Waals surface area contributed by atoms with Crippen LogP contribution in [0.25, 0.3) is 0 Å². The maximum Gasteiger partial charge on any atom is 0.266 e. The lowest BCUT2D eigenvalue weighted by atomic mass is 9.96. The third-order valence-corrected chi connectivity index (χ3v) is 7.09. The minimum absolute atomic E-state index is 0.498. The van der Waals surface area contributed by atoms with Crippen LogP contribution in [0.3, 0.4) is 0 Å². The molecule has 2 aliphatic rings. The Morgan fingerprint density at radius 3 is 2.69 bits per heavy atom. The second-order valence-corrected chi connectivity index (χ2v) is 8.42. The normalized spacial score (nSPS) is 36.6. The summed E-state index contributed by atoms with van der Waals surface area (Å²) in [6.45, 7) is -1.33. The van der Waals surface area contributed by atoms with Gasteiger partial charge in [0.25, 0.3) is 6.65 Å². The first-order valence-corrected chi connectivity index (χ1v) is 8.36. The molecule has 1 aliphatic heterocycles. The quantitative estimate of drug-likeness (QED) is 0.701. The van der Waals surface area contributed by atoms with Crippen molar-refractivity contribution in [2.75, 3.05) is 12.3 Å². The van der Waals surface area contributed by atoms with Crippen molar-refractivity contribution < 1.29 is 4.57 Å². The second-order valence-electron chi connectivity index (χ2n) is 3.76. The Kier molecular flexibility index (Phi) is 3.36. The Hall–Kier alpha value is 0.500. The number of rotatable bonds is 2. The summed E-state index contributed by atoms with van der Waals surface area (Å²) >= 11 is 1.57. The zero-order valence-electron chi connectivity index (χ0n) is 7.79. The maximum absolute atomic E-state index is 12.0. The molecule has 2 rings (SSSR count). The van der Waals surface area contributed by atoms with Crippen molar-refractivity contribution in [3.05, 3.63) is 0 Å². The predicted molar refractivity (Wildman–Crippen MR) is 58.1 cm³/mol. The van der Waals surface area contributed by atoms with Crippen molar-refractivity contribution in [3.63, 3.8) is 0 Å². The van der Waals surface area contributed by atoms with Gasteiger partial charge in [-0.2, -0.15) is 0 Å². The summed E-state index contributed by atoms with van der Waals surface area (Å²) in [5, 5.41) is 6.39. The fraction of sp³-hybridized carbons (Fsp3) is 1.00. The smallest absolute Gasteiger partial charge is 0.266 e. The van der Waals surface area contributed by atoms with Crippen LogP contribution in [-0.4, -0.2) is 18.3 Å². The molecule has 2 N–H and O–H groups in total. The molecule has 3 nitrogen and oxygen atoms in total. The summed E-state index contributed by atoms with van der Waals surface area (Å²) < 4.78 is 12.0. The van der Waals surface area contributed by atoms with Crippen LogP contribution in [0.15, 0.2) is 0 Å². The summed E-state index contributed by atoms with van der Waals surface area (Å²) in [4.78, 5) is 0. The van der Waals surface area contributed by atoms with Gasteiger partial charge >= 0.3 is 0 Å². The number of nitrogens with one attached hydrogen (secondary N) is 2. The highest BCUT2D eigenvalue weighted by atomic mass is 32.7. The fourth-order valence-corrected chi connectivity index (χ4v) is 6.24. The lowest BCUT2D eigenvalue weighted by Gasteiger charge is -2.25. The Morgan fingerprint density at radius 1 is 1.31 bits per heavy atom. The van der Waals surface area contributed by atoms with Crippen LogP contribution >= 0.6 is 18.0 Å². The van der Waals surface area contributed by atoms with Crippen LogP contribution in [0, 0.1) is 0 Å². The molecule has 0 aromatic heterocycles. The van der Waals surface area contributed by atoms with Gasteiger partial charge in [-0.05, 0) is 12.8 Å². The van der Waals surface area contributed by atoms with Gasteiger partial charge in [0, 0.05) is 18.3 Å². The van der Waals surface area contributed by atoms with E-state index in [1.54, 1.807) is 11.4 Å². The predicted octanol–water partition coefficient (Wildman–Crippen LogP) is 2.35. The van der Waals surface area contributed by atoms with E-state index in [0.29, 0.717) is 6.04 Å². The Morgan fingerprint density at radius 2 is 2.08 bits per heavy atom. The van der Waals surface area contributed by atoms with Crippen molar-refractivity contribution >= 4 is 18.0 Å². The number of hydrogen-bond acceptors (Lipinski definition) is 2. The van der Waals surface area contributed by atoms with Gasteiger partial charge in [-0.25, -0.2) is 10.2 Å². The molecule has 5 heteroatoms. The van der Waals surface area contributed by atoms with Crippen LogP contribution in [0.5, 0.6) is 0 Å². The van der Waals surface area contributed by atoms with E-state index in [1.807, 2.05) is 0 Å². The van der Waals surface area contributed by atoms with Gasteiger partial charge in [-0.1, -0.05) is 30.6 Å². The molecule has 0 spiro atoms. The van der Waals surface area contributed by atoms with E-state index in [9.17, 15) is 4.57 Å². The Bertz CT molecular complexity index is 208. The van der Waals surface area contributed by atoms with Crippen LogP contribution in [0.2, 0.25) is 0 Å². The molecule has 0 bridgehead atoms. The highest BCUT2D eigenvalue weighted by Gasteiger charge is 2.30. The zero-order valence-corrected chi connectivity index (χ0v) is 9.50. The molecule has 13 heavy (non-hydrogen) atoms. The first-order valence-electron chi connectivity index (χ1n) is 5.06. The maximum atomic E-state index is 12.0. The topological polar surface area (TPSA) is 41.1 Å². The van der Waals surface area contributed by atoms with E-state index in [0.717, 1.165) is 12.3 Å². The molecule has 0 radical (unpaired) electrons. The molecule has 1 aliphatic carbocycles. The summed E-state index contributed by atoms with van der Waals surface area (Å²) in [7, 11) is 0. The van der Waals surface area contributed by atoms with Crippen molar-refractivity contribution in [2.24, 2.45) is 0 Å². The highest BCUT2D eigenvalue weighted by Crippen LogP contribution is 2.55. The van der Waals surface area contributed by atoms with Gasteiger partial charge in [-0.3, -0.25) is 4.57 Å². The summed E-state index contributed by atoms with van der Waals surface area (Å²) in [5.74, 6) is 0.983. The van der Waals surface area contributed by atoms with E-state index >= 15 is 0 Å². The van der Waals surface area contributed by atoms with E-state index < -0.39 is 6.65 Å². The largest absolute Gasteiger partial charge is 0.277 e. The van der Waals surface area contributed by atoms with Gasteiger partial charge < -0.3 is 0 Å². The molecule has 1 saturated heterocycles. The zero-order chi connectivity index (χ0) is 9.15. The average Bonchev–Trinajstić information content (AvgIpc) is 2.54. The van der Waals surface area contributed by atoms with Crippen molar-refractivity contribution in [1.29, 1.82) is 0 Å². The van der Waals surface area contributed by atoms with Crippen LogP contribution in [-0.2, 0) is 4.57 Å². The summed E-state index contributed by atoms with van der Waals surface area (Å²) in [5.41, 5.74) is 0. The molecule has 1 unspecified atom stereocenters. The van der Waals surface area contributed by atoms with Gasteiger partial charge in [0.2, 0.25) is 0 Å². The molecule has 0 amide bonds. The SMILES string of the molecule is O=P1(NC2CCCCC2)NCCS1. The minimum Gasteiger partial charge on any atom is -0.277 e. The summed E-state index contributed by atoms with van der Waals surface area (Å²) in [6.07, 6.45) is 6.34. The molecule has 1 saturated carbocycles. The van der Waals surface area contributed by atoms with E-state index in [1.165, 1.54) is 32.1 Å². The molecule has 76 valence electrons. The van der Waals surface area contributed by atoms with Crippen molar-refractivity contribution in [3.8, 4) is 0 Å². The van der Waals surface area contributed by atoms with Crippen LogP contribution in [0.4, 0.5) is 0 Å². The van der Waals surface area contributed by atoms with Crippen molar-refractivity contribution in [1.82, 2.24) is 10.2 Å². The van der Waals surface area contributed by atoms with Gasteiger partial charge in [0.05, 0.1) is 0 Å². The van der Waals surface area contributed by atoms with Crippen molar-refractivity contribution in [2.45, 2.75) is 38.1 Å². The third-order valence-electron chi connectivity index (χ3n) is 2.65. The molecule has 1 heterocycles. The van der Waals surface area contributed by atoms with E-state index in [-0.39, 0.29) is 0 Å². The van der Waals surface area contributed by atoms with Gasteiger partial charge in [-0.15, -0.1) is 0 Å². The molecular formula is C8H17N2OPS. The van der Waals surface area contributed by atoms with Crippen LogP contribution < -0.4 is 10.2 Å². The first kappa shape index (κ1) is 10.0. The fourth-order valence-electron chi connectivity index (χ4n) is 1.97. The second kappa shape index (κ2) is 4.35. The minimum atomic E-state index is -2.22. The first-order chi connectivity index (χ1) is 6.29. The number of hydrogen-bond donors (Lipinski definition) is 2. The molecular weight excluding hydrogens is 203 g/mol. The molecule has 2 fully saturated rings. The lowest BCUT2D eigenvalue weighted by molar-refractivity contribution is 0.413. The third kappa shape index (κ3) is 2.72. The monoisotopic (exact) mass is 220 g/mol. The van der Waals surface area contributed by atoms with Gasteiger partial charge in [0.1, 0.15) is 0 Å². The van der Waals surface area contributed by atoms with Gasteiger partial charge in [0.15, 0.2) is 0 Å². The highest BCUT2D eigenvalue weighted by molar-refractivity contribution is 8.57. The van der Waals surface area contributed by atoms with E-state index in [2.05, 4.69) is 10.2 Å². The Labute approximate surface area is 83.7 Å². The molecule has 0 aromatic rings. The standard InChI is InChI=1S/C8H17N2OPS/c11-12(9-6-7-13-12)10-8-4-2-1-3-5-8/h8H,1-7H2,(H2,9,10,11). The molecule has 1 atom stereocenters. The Balaban J connectivity index is 1.85. The van der Waals surface area contributed by atoms with Crippen LogP contribution in [0.1, 0.15) is 32.1 Å². The summed E-state index contributed by atoms with van der Waals surface area (Å²) in [6, 6.07) is 0.498. The van der Waals surface area contributed by atoms with E-state index in [4.69, 9.17) is 0 Å².